The first kappa shape index (κ1) is 10.1. The van der Waals surface area contributed by atoms with Crippen molar-refractivity contribution < 1.29 is 0 Å². The number of nitrogens with zero attached hydrogens (tertiary/aromatic N) is 3. The Kier molecular flexibility index (Phi) is 2.39. The van der Waals surface area contributed by atoms with Crippen LogP contribution in [0.25, 0.3) is 0 Å². The summed E-state index contributed by atoms with van der Waals surface area (Å²) in [6.07, 6.45) is 8.83. The van der Waals surface area contributed by atoms with E-state index >= 15 is 0 Å². The monoisotopic (exact) mass is 220 g/mol. The molecule has 0 amide bonds. The fourth-order valence-electron chi connectivity index (χ4n) is 2.67. The van der Waals surface area contributed by atoms with Crippen LogP contribution in [0.3, 0.4) is 0 Å². The number of hydrogen-bond acceptors (Lipinski definition) is 3. The van der Waals surface area contributed by atoms with Gasteiger partial charge >= 0.3 is 0 Å². The minimum atomic E-state index is 0.371. The normalized spacial score (nSPS) is 30.8. The lowest BCUT2D eigenvalue weighted by atomic mass is 10.00. The Morgan fingerprint density at radius 2 is 2.19 bits per heavy atom. The zero-order valence-electron chi connectivity index (χ0n) is 9.84. The highest BCUT2D eigenvalue weighted by Gasteiger charge is 2.31. The van der Waals surface area contributed by atoms with Crippen molar-refractivity contribution in [1.82, 2.24) is 9.55 Å². The van der Waals surface area contributed by atoms with Crippen molar-refractivity contribution in [1.29, 1.82) is 0 Å². The molecule has 88 valence electrons. The molecule has 2 fully saturated rings. The van der Waals surface area contributed by atoms with E-state index in [9.17, 15) is 0 Å². The number of anilines is 1. The molecule has 1 aliphatic carbocycles. The van der Waals surface area contributed by atoms with Crippen LogP contribution in [0.15, 0.2) is 12.4 Å². The summed E-state index contributed by atoms with van der Waals surface area (Å²) >= 11 is 0. The van der Waals surface area contributed by atoms with Crippen molar-refractivity contribution in [2.24, 2.45) is 5.73 Å². The zero-order valence-corrected chi connectivity index (χ0v) is 9.84. The minimum Gasteiger partial charge on any atom is -0.339 e. The van der Waals surface area contributed by atoms with Crippen molar-refractivity contribution >= 4 is 5.95 Å². The summed E-state index contributed by atoms with van der Waals surface area (Å²) in [4.78, 5) is 6.94. The molecule has 2 N–H and O–H groups in total. The molecule has 0 radical (unpaired) electrons. The van der Waals surface area contributed by atoms with Crippen LogP contribution >= 0.6 is 0 Å². The van der Waals surface area contributed by atoms with Gasteiger partial charge in [0.2, 0.25) is 5.95 Å². The molecule has 1 aromatic rings. The predicted octanol–water partition coefficient (Wildman–Crippen LogP) is 1.53. The van der Waals surface area contributed by atoms with Gasteiger partial charge in [0.15, 0.2) is 0 Å². The van der Waals surface area contributed by atoms with E-state index < -0.39 is 0 Å². The first-order valence-electron chi connectivity index (χ1n) is 6.31. The van der Waals surface area contributed by atoms with E-state index in [1.807, 2.05) is 6.20 Å². The number of hydrogen-bond donors (Lipinski definition) is 1. The molecular formula is C12H20N4. The molecular weight excluding hydrogens is 200 g/mol. The molecule has 2 aliphatic rings. The number of piperidine rings is 1. The van der Waals surface area contributed by atoms with Gasteiger partial charge in [-0.3, -0.25) is 0 Å². The molecule has 1 saturated carbocycles. The molecule has 2 atom stereocenters. The maximum absolute atomic E-state index is 6.00. The van der Waals surface area contributed by atoms with Crippen LogP contribution in [-0.2, 0) is 0 Å². The minimum absolute atomic E-state index is 0.371. The molecule has 4 heteroatoms. The second-order valence-electron chi connectivity index (χ2n) is 5.19. The Morgan fingerprint density at radius 1 is 1.38 bits per heavy atom. The molecule has 0 bridgehead atoms. The van der Waals surface area contributed by atoms with E-state index in [2.05, 4.69) is 27.6 Å². The standard InChI is InChI=1S/C12H20N4/c1-9-8-10(13)4-6-15(9)12-14-5-7-16(12)11-2-3-11/h5,7,9-11H,2-4,6,8,13H2,1H3. The molecule has 0 aromatic carbocycles. The van der Waals surface area contributed by atoms with Crippen LogP contribution < -0.4 is 10.6 Å². The van der Waals surface area contributed by atoms with Crippen LogP contribution in [0.4, 0.5) is 5.95 Å². The van der Waals surface area contributed by atoms with Gasteiger partial charge in [-0.05, 0) is 32.6 Å². The third-order valence-corrected chi connectivity index (χ3v) is 3.76. The third kappa shape index (κ3) is 1.71. The average molecular weight is 220 g/mol. The second-order valence-corrected chi connectivity index (χ2v) is 5.19. The van der Waals surface area contributed by atoms with E-state index in [1.165, 1.54) is 12.8 Å². The molecule has 1 aromatic heterocycles. The lowest BCUT2D eigenvalue weighted by Crippen LogP contribution is -2.46. The SMILES string of the molecule is CC1CC(N)CCN1c1nccn1C1CC1. The van der Waals surface area contributed by atoms with Crippen LogP contribution in [0, 0.1) is 0 Å². The van der Waals surface area contributed by atoms with Crippen molar-refractivity contribution in [2.75, 3.05) is 11.4 Å². The molecule has 2 heterocycles. The summed E-state index contributed by atoms with van der Waals surface area (Å²) in [5.41, 5.74) is 6.00. The Hall–Kier alpha value is -1.03. The van der Waals surface area contributed by atoms with E-state index in [4.69, 9.17) is 5.73 Å². The van der Waals surface area contributed by atoms with E-state index in [0.29, 0.717) is 18.1 Å². The molecule has 16 heavy (non-hydrogen) atoms. The third-order valence-electron chi connectivity index (χ3n) is 3.76. The number of rotatable bonds is 2. The van der Waals surface area contributed by atoms with Crippen LogP contribution in [0.1, 0.15) is 38.6 Å². The summed E-state index contributed by atoms with van der Waals surface area (Å²) in [7, 11) is 0. The van der Waals surface area contributed by atoms with Gasteiger partial charge in [0.1, 0.15) is 0 Å². The molecule has 3 rings (SSSR count). The quantitative estimate of drug-likeness (QED) is 0.822. The largest absolute Gasteiger partial charge is 0.339 e. The van der Waals surface area contributed by atoms with Gasteiger partial charge in [-0.2, -0.15) is 0 Å². The van der Waals surface area contributed by atoms with Gasteiger partial charge in [0.25, 0.3) is 0 Å². The second kappa shape index (κ2) is 3.77. The summed E-state index contributed by atoms with van der Waals surface area (Å²) in [5.74, 6) is 1.15. The molecule has 4 nitrogen and oxygen atoms in total. The zero-order chi connectivity index (χ0) is 11.1. The maximum Gasteiger partial charge on any atom is 0.205 e. The highest BCUT2D eigenvalue weighted by atomic mass is 15.3. The van der Waals surface area contributed by atoms with Crippen LogP contribution in [0.2, 0.25) is 0 Å². The Balaban J connectivity index is 1.82. The number of aromatic nitrogens is 2. The summed E-state index contributed by atoms with van der Waals surface area (Å²) in [6.45, 7) is 3.30. The van der Waals surface area contributed by atoms with Gasteiger partial charge in [-0.1, -0.05) is 0 Å². The fraction of sp³-hybridized carbons (Fsp3) is 0.750. The fourth-order valence-corrected chi connectivity index (χ4v) is 2.67. The lowest BCUT2D eigenvalue weighted by Gasteiger charge is -2.37. The topological polar surface area (TPSA) is 47.1 Å². The van der Waals surface area contributed by atoms with E-state index in [1.54, 1.807) is 0 Å². The van der Waals surface area contributed by atoms with Crippen molar-refractivity contribution in [3.8, 4) is 0 Å². The van der Waals surface area contributed by atoms with Crippen molar-refractivity contribution in [2.45, 2.75) is 50.7 Å². The van der Waals surface area contributed by atoms with Gasteiger partial charge in [-0.15, -0.1) is 0 Å². The molecule has 0 spiro atoms. The van der Waals surface area contributed by atoms with Crippen LogP contribution in [-0.4, -0.2) is 28.2 Å². The van der Waals surface area contributed by atoms with Gasteiger partial charge in [-0.25, -0.2) is 4.98 Å². The predicted molar refractivity (Wildman–Crippen MR) is 64.5 cm³/mol. The van der Waals surface area contributed by atoms with Gasteiger partial charge in [0, 0.05) is 37.1 Å². The lowest BCUT2D eigenvalue weighted by molar-refractivity contribution is 0.420. The summed E-state index contributed by atoms with van der Waals surface area (Å²) in [5, 5.41) is 0. The van der Waals surface area contributed by atoms with E-state index in [-0.39, 0.29) is 0 Å². The number of nitrogens with two attached hydrogens (primary N) is 1. The average Bonchev–Trinajstić information content (AvgIpc) is 2.98. The van der Waals surface area contributed by atoms with Crippen molar-refractivity contribution in [3.05, 3.63) is 12.4 Å². The first-order chi connectivity index (χ1) is 7.75. The summed E-state index contributed by atoms with van der Waals surface area (Å²) in [6, 6.07) is 1.60. The summed E-state index contributed by atoms with van der Waals surface area (Å²) < 4.78 is 2.34. The maximum atomic E-state index is 6.00. The van der Waals surface area contributed by atoms with E-state index in [0.717, 1.165) is 25.3 Å². The molecule has 2 unspecified atom stereocenters. The molecule has 1 saturated heterocycles. The Labute approximate surface area is 96.4 Å². The molecule has 1 aliphatic heterocycles. The Morgan fingerprint density at radius 3 is 2.88 bits per heavy atom. The van der Waals surface area contributed by atoms with Crippen LogP contribution in [0.5, 0.6) is 0 Å². The van der Waals surface area contributed by atoms with Crippen molar-refractivity contribution in [3.63, 3.8) is 0 Å². The highest BCUT2D eigenvalue weighted by molar-refractivity contribution is 5.35. The number of imidazole rings is 1. The first-order valence-corrected chi connectivity index (χ1v) is 6.31. The smallest absolute Gasteiger partial charge is 0.205 e. The van der Waals surface area contributed by atoms with Gasteiger partial charge < -0.3 is 15.2 Å². The Bertz CT molecular complexity index is 369. The van der Waals surface area contributed by atoms with Gasteiger partial charge in [0.05, 0.1) is 0 Å². The highest BCUT2D eigenvalue weighted by Crippen LogP contribution is 2.38.